The molecule has 0 spiro atoms. The molecule has 2 aliphatic rings. The Kier molecular flexibility index (Phi) is 8.71. The maximum atomic E-state index is 6.38. The first-order valence-electron chi connectivity index (χ1n) is 20.4. The molecule has 1 aliphatic heterocycles. The number of para-hydroxylation sites is 1. The fourth-order valence-electron chi connectivity index (χ4n) is 8.64. The van der Waals surface area contributed by atoms with Crippen LogP contribution in [0.3, 0.4) is 0 Å². The standard InChI is InChI=1S/C57H38N2O/c1-37-48-19-11-20-50-52-35-46(31-32-49(52)51(56(48)50)33-30-44-16-8-9-21-55(44)60-37)41-24-22-40(23-25-41)45-17-10-18-47(34-45)57-58-53(42-14-6-3-7-15-42)36-54(59-57)43-28-26-39(27-29-43)38-12-4-2-5-13-38/h2-29,31-36H,1,30H2/b51-33-. The summed E-state index contributed by atoms with van der Waals surface area (Å²) < 4.78 is 6.38. The minimum absolute atomic E-state index is 0.671. The third-order valence-electron chi connectivity index (χ3n) is 11.7. The van der Waals surface area contributed by atoms with Crippen LogP contribution < -0.4 is 4.74 Å². The van der Waals surface area contributed by atoms with Crippen LogP contribution in [0.1, 0.15) is 22.3 Å². The van der Waals surface area contributed by atoms with E-state index in [1.807, 2.05) is 24.3 Å². The fourth-order valence-corrected chi connectivity index (χ4v) is 8.64. The van der Waals surface area contributed by atoms with Crippen LogP contribution in [0.15, 0.2) is 213 Å². The van der Waals surface area contributed by atoms with E-state index in [0.717, 1.165) is 68.1 Å². The first-order valence-corrected chi connectivity index (χ1v) is 20.4. The molecule has 282 valence electrons. The largest absolute Gasteiger partial charge is 0.457 e. The smallest absolute Gasteiger partial charge is 0.160 e. The predicted octanol–water partition coefficient (Wildman–Crippen LogP) is 14.5. The van der Waals surface area contributed by atoms with Gasteiger partial charge in [0.1, 0.15) is 11.5 Å². The zero-order valence-electron chi connectivity index (χ0n) is 32.8. The second-order valence-corrected chi connectivity index (χ2v) is 15.4. The summed E-state index contributed by atoms with van der Waals surface area (Å²) in [5.74, 6) is 2.23. The van der Waals surface area contributed by atoms with Crippen LogP contribution in [0.25, 0.3) is 89.7 Å². The first-order chi connectivity index (χ1) is 29.6. The lowest BCUT2D eigenvalue weighted by molar-refractivity contribution is 0.511. The molecule has 0 saturated carbocycles. The van der Waals surface area contributed by atoms with Gasteiger partial charge in [-0.1, -0.05) is 189 Å². The average molecular weight is 767 g/mol. The van der Waals surface area contributed by atoms with E-state index in [1.54, 1.807) is 0 Å². The van der Waals surface area contributed by atoms with Gasteiger partial charge in [-0.15, -0.1) is 0 Å². The van der Waals surface area contributed by atoms with Gasteiger partial charge in [0.25, 0.3) is 0 Å². The Bertz CT molecular complexity index is 3130. The third-order valence-corrected chi connectivity index (χ3v) is 11.7. The van der Waals surface area contributed by atoms with Gasteiger partial charge in [-0.25, -0.2) is 9.97 Å². The molecule has 3 nitrogen and oxygen atoms in total. The Balaban J connectivity index is 0.916. The van der Waals surface area contributed by atoms with Crippen LogP contribution >= 0.6 is 0 Å². The van der Waals surface area contributed by atoms with Crippen LogP contribution in [-0.2, 0) is 6.42 Å². The van der Waals surface area contributed by atoms with Crippen LogP contribution in [0, 0.1) is 0 Å². The summed E-state index contributed by atoms with van der Waals surface area (Å²) in [4.78, 5) is 10.3. The number of hydrogen-bond acceptors (Lipinski definition) is 3. The highest BCUT2D eigenvalue weighted by molar-refractivity contribution is 6.05. The summed E-state index contributed by atoms with van der Waals surface area (Å²) in [5, 5.41) is 0. The molecule has 0 unspecified atom stereocenters. The summed E-state index contributed by atoms with van der Waals surface area (Å²) in [6.45, 7) is 4.37. The second kappa shape index (κ2) is 14.8. The molecule has 3 heteroatoms. The van der Waals surface area contributed by atoms with Crippen molar-refractivity contribution < 1.29 is 4.74 Å². The van der Waals surface area contributed by atoms with E-state index in [2.05, 4.69) is 189 Å². The van der Waals surface area contributed by atoms with Crippen LogP contribution in [0.2, 0.25) is 0 Å². The topological polar surface area (TPSA) is 35.0 Å². The van der Waals surface area contributed by atoms with E-state index < -0.39 is 0 Å². The molecule has 9 aromatic rings. The van der Waals surface area contributed by atoms with Crippen molar-refractivity contribution in [3.8, 4) is 84.2 Å². The summed E-state index contributed by atoms with van der Waals surface area (Å²) >= 11 is 0. The number of benzene rings is 8. The molecule has 0 radical (unpaired) electrons. The Morgan fingerprint density at radius 1 is 0.383 bits per heavy atom. The number of fused-ring (bicyclic) bond motifs is 4. The monoisotopic (exact) mass is 766 g/mol. The van der Waals surface area contributed by atoms with E-state index in [0.29, 0.717) is 11.6 Å². The summed E-state index contributed by atoms with van der Waals surface area (Å²) in [7, 11) is 0. The molecule has 0 bridgehead atoms. The van der Waals surface area contributed by atoms with E-state index in [9.17, 15) is 0 Å². The maximum absolute atomic E-state index is 6.38. The number of rotatable bonds is 6. The first kappa shape index (κ1) is 35.3. The fraction of sp³-hybridized carbons (Fsp3) is 0.0175. The maximum Gasteiger partial charge on any atom is 0.160 e. The van der Waals surface area contributed by atoms with Crippen molar-refractivity contribution in [2.75, 3.05) is 0 Å². The van der Waals surface area contributed by atoms with Crippen molar-refractivity contribution in [2.24, 2.45) is 0 Å². The zero-order chi connectivity index (χ0) is 40.0. The van der Waals surface area contributed by atoms with Crippen molar-refractivity contribution in [3.63, 3.8) is 0 Å². The molecule has 8 aromatic carbocycles. The van der Waals surface area contributed by atoms with Gasteiger partial charge in [0.15, 0.2) is 5.82 Å². The lowest BCUT2D eigenvalue weighted by Gasteiger charge is -2.14. The number of hydrogen-bond donors (Lipinski definition) is 0. The molecule has 11 rings (SSSR count). The second-order valence-electron chi connectivity index (χ2n) is 15.4. The van der Waals surface area contributed by atoms with Gasteiger partial charge in [0, 0.05) is 27.8 Å². The SMILES string of the molecule is C=C1Oc2ccccc2C/C=C2/c3ccc(-c4ccc(-c5cccc(-c6nc(-c7ccccc7)cc(-c7ccc(-c8ccccc8)cc7)n6)c5)cc4)cc3-c3cccc1c32. The van der Waals surface area contributed by atoms with Gasteiger partial charge in [-0.2, -0.15) is 0 Å². The van der Waals surface area contributed by atoms with Crippen molar-refractivity contribution >= 4 is 11.3 Å². The van der Waals surface area contributed by atoms with Crippen molar-refractivity contribution in [1.82, 2.24) is 9.97 Å². The molecule has 0 atom stereocenters. The molecule has 0 fully saturated rings. The van der Waals surface area contributed by atoms with E-state index in [4.69, 9.17) is 14.7 Å². The van der Waals surface area contributed by atoms with Crippen molar-refractivity contribution in [1.29, 1.82) is 0 Å². The average Bonchev–Trinajstić information content (AvgIpc) is 3.66. The summed E-state index contributed by atoms with van der Waals surface area (Å²) in [6.07, 6.45) is 3.13. The Labute approximate surface area is 350 Å². The molecule has 2 heterocycles. The number of aromatic nitrogens is 2. The number of allylic oxidation sites excluding steroid dienone is 1. The molecule has 0 amide bonds. The van der Waals surface area contributed by atoms with Gasteiger partial charge in [-0.3, -0.25) is 0 Å². The van der Waals surface area contributed by atoms with Crippen LogP contribution in [0.5, 0.6) is 5.75 Å². The Morgan fingerprint density at radius 3 is 1.63 bits per heavy atom. The summed E-state index contributed by atoms with van der Waals surface area (Å²) in [5.41, 5.74) is 20.1. The minimum atomic E-state index is 0.671. The van der Waals surface area contributed by atoms with Crippen molar-refractivity contribution in [2.45, 2.75) is 6.42 Å². The highest BCUT2D eigenvalue weighted by atomic mass is 16.5. The molecule has 1 aromatic heterocycles. The molecular formula is C57H38N2O. The van der Waals surface area contributed by atoms with E-state index in [1.165, 1.54) is 44.5 Å². The normalized spacial score (nSPS) is 13.4. The molecular weight excluding hydrogens is 729 g/mol. The van der Waals surface area contributed by atoms with Gasteiger partial charge in [-0.05, 0) is 91.9 Å². The predicted molar refractivity (Wildman–Crippen MR) is 247 cm³/mol. The lowest BCUT2D eigenvalue weighted by atomic mass is 9.95. The van der Waals surface area contributed by atoms with E-state index in [-0.39, 0.29) is 0 Å². The Hall–Kier alpha value is -7.88. The molecule has 1 aliphatic carbocycles. The summed E-state index contributed by atoms with van der Waals surface area (Å²) in [6, 6.07) is 70.5. The van der Waals surface area contributed by atoms with Crippen LogP contribution in [0.4, 0.5) is 0 Å². The number of nitrogens with zero attached hydrogens (tertiary/aromatic N) is 2. The van der Waals surface area contributed by atoms with Gasteiger partial charge >= 0.3 is 0 Å². The molecule has 0 saturated heterocycles. The minimum Gasteiger partial charge on any atom is -0.457 e. The number of ether oxygens (including phenoxy) is 1. The third kappa shape index (κ3) is 6.43. The lowest BCUT2D eigenvalue weighted by Crippen LogP contribution is -1.98. The quantitative estimate of drug-likeness (QED) is 0.169. The zero-order valence-corrected chi connectivity index (χ0v) is 32.8. The van der Waals surface area contributed by atoms with Crippen LogP contribution in [-0.4, -0.2) is 9.97 Å². The highest BCUT2D eigenvalue weighted by Crippen LogP contribution is 2.49. The Morgan fingerprint density at radius 2 is 0.900 bits per heavy atom. The molecule has 60 heavy (non-hydrogen) atoms. The van der Waals surface area contributed by atoms with Gasteiger partial charge < -0.3 is 4.74 Å². The van der Waals surface area contributed by atoms with Gasteiger partial charge in [0.2, 0.25) is 0 Å². The van der Waals surface area contributed by atoms with E-state index >= 15 is 0 Å². The van der Waals surface area contributed by atoms with Gasteiger partial charge in [0.05, 0.1) is 11.4 Å². The molecule has 0 N–H and O–H groups in total. The van der Waals surface area contributed by atoms with Crippen molar-refractivity contribution in [3.05, 3.63) is 235 Å². The highest BCUT2D eigenvalue weighted by Gasteiger charge is 2.28.